The standard InChI is InChI=1S/C14H17N5O3/c1-9(2)8-15-14(20)13-10(3)18(17-16-13)11-5-4-6-12(7-11)19(21)22/h4-7,9H,8H2,1-3H3,(H,15,20). The van der Waals surface area contributed by atoms with E-state index in [1.807, 2.05) is 13.8 Å². The molecule has 116 valence electrons. The predicted octanol–water partition coefficient (Wildman–Crippen LogP) is 1.87. The molecule has 1 N–H and O–H groups in total. The Morgan fingerprint density at radius 3 is 2.82 bits per heavy atom. The first-order chi connectivity index (χ1) is 10.4. The van der Waals surface area contributed by atoms with E-state index in [4.69, 9.17) is 0 Å². The summed E-state index contributed by atoms with van der Waals surface area (Å²) in [6, 6.07) is 6.01. The van der Waals surface area contributed by atoms with Crippen LogP contribution in [0.5, 0.6) is 0 Å². The Morgan fingerprint density at radius 1 is 1.45 bits per heavy atom. The quantitative estimate of drug-likeness (QED) is 0.671. The molecular weight excluding hydrogens is 286 g/mol. The van der Waals surface area contributed by atoms with E-state index in [-0.39, 0.29) is 17.3 Å². The van der Waals surface area contributed by atoms with Gasteiger partial charge in [0.1, 0.15) is 0 Å². The number of rotatable bonds is 5. The topological polar surface area (TPSA) is 103 Å². The molecule has 0 aliphatic heterocycles. The lowest BCUT2D eigenvalue weighted by atomic mass is 10.2. The number of hydrogen-bond donors (Lipinski definition) is 1. The maximum atomic E-state index is 12.1. The smallest absolute Gasteiger partial charge is 0.273 e. The molecule has 0 spiro atoms. The molecule has 0 atom stereocenters. The largest absolute Gasteiger partial charge is 0.350 e. The average Bonchev–Trinajstić information content (AvgIpc) is 2.86. The molecule has 0 saturated carbocycles. The fourth-order valence-corrected chi connectivity index (χ4v) is 1.90. The Balaban J connectivity index is 2.29. The van der Waals surface area contributed by atoms with E-state index in [9.17, 15) is 14.9 Å². The van der Waals surface area contributed by atoms with Crippen molar-refractivity contribution in [1.82, 2.24) is 20.3 Å². The monoisotopic (exact) mass is 303 g/mol. The molecule has 0 fully saturated rings. The van der Waals surface area contributed by atoms with Gasteiger partial charge in [0.2, 0.25) is 0 Å². The van der Waals surface area contributed by atoms with Crippen molar-refractivity contribution >= 4 is 11.6 Å². The van der Waals surface area contributed by atoms with Crippen molar-refractivity contribution in [2.45, 2.75) is 20.8 Å². The third kappa shape index (κ3) is 3.27. The van der Waals surface area contributed by atoms with Gasteiger partial charge in [-0.3, -0.25) is 14.9 Å². The Morgan fingerprint density at radius 2 is 2.18 bits per heavy atom. The highest BCUT2D eigenvalue weighted by molar-refractivity contribution is 5.93. The van der Waals surface area contributed by atoms with Gasteiger partial charge in [-0.2, -0.15) is 0 Å². The van der Waals surface area contributed by atoms with Crippen LogP contribution in [0.15, 0.2) is 24.3 Å². The van der Waals surface area contributed by atoms with Crippen molar-refractivity contribution in [2.24, 2.45) is 5.92 Å². The highest BCUT2D eigenvalue weighted by atomic mass is 16.6. The first kappa shape index (κ1) is 15.6. The van der Waals surface area contributed by atoms with Crippen LogP contribution in [0.3, 0.4) is 0 Å². The van der Waals surface area contributed by atoms with Crippen molar-refractivity contribution in [3.8, 4) is 5.69 Å². The number of nitro groups is 1. The summed E-state index contributed by atoms with van der Waals surface area (Å²) >= 11 is 0. The summed E-state index contributed by atoms with van der Waals surface area (Å²) in [5, 5.41) is 21.4. The minimum atomic E-state index is -0.480. The van der Waals surface area contributed by atoms with Crippen LogP contribution in [0.2, 0.25) is 0 Å². The zero-order valence-electron chi connectivity index (χ0n) is 12.6. The van der Waals surface area contributed by atoms with E-state index in [0.29, 0.717) is 23.8 Å². The first-order valence-electron chi connectivity index (χ1n) is 6.85. The van der Waals surface area contributed by atoms with E-state index in [1.54, 1.807) is 19.1 Å². The fraction of sp³-hybridized carbons (Fsp3) is 0.357. The number of nitro benzene ring substituents is 1. The van der Waals surface area contributed by atoms with Gasteiger partial charge >= 0.3 is 0 Å². The van der Waals surface area contributed by atoms with Gasteiger partial charge in [-0.05, 0) is 18.9 Å². The summed E-state index contributed by atoms with van der Waals surface area (Å²) in [7, 11) is 0. The molecule has 0 bridgehead atoms. The third-order valence-electron chi connectivity index (χ3n) is 3.07. The molecule has 1 aromatic heterocycles. The minimum absolute atomic E-state index is 0.0433. The zero-order chi connectivity index (χ0) is 16.3. The van der Waals surface area contributed by atoms with Crippen molar-refractivity contribution in [1.29, 1.82) is 0 Å². The third-order valence-corrected chi connectivity index (χ3v) is 3.07. The van der Waals surface area contributed by atoms with Crippen LogP contribution in [0.4, 0.5) is 5.69 Å². The molecule has 1 amide bonds. The normalized spacial score (nSPS) is 10.7. The second-order valence-electron chi connectivity index (χ2n) is 5.32. The van der Waals surface area contributed by atoms with Gasteiger partial charge in [-0.15, -0.1) is 5.10 Å². The van der Waals surface area contributed by atoms with Crippen LogP contribution in [0, 0.1) is 23.0 Å². The molecule has 1 aromatic carbocycles. The minimum Gasteiger partial charge on any atom is -0.350 e. The maximum Gasteiger partial charge on any atom is 0.273 e. The summed E-state index contributed by atoms with van der Waals surface area (Å²) in [4.78, 5) is 22.4. The van der Waals surface area contributed by atoms with Gasteiger partial charge in [0.05, 0.1) is 16.3 Å². The highest BCUT2D eigenvalue weighted by Crippen LogP contribution is 2.18. The average molecular weight is 303 g/mol. The number of amides is 1. The second kappa shape index (κ2) is 6.33. The predicted molar refractivity (Wildman–Crippen MR) is 79.9 cm³/mol. The lowest BCUT2D eigenvalue weighted by Gasteiger charge is -2.06. The van der Waals surface area contributed by atoms with Crippen LogP contribution in [-0.4, -0.2) is 32.4 Å². The molecule has 8 nitrogen and oxygen atoms in total. The second-order valence-corrected chi connectivity index (χ2v) is 5.32. The van der Waals surface area contributed by atoms with E-state index < -0.39 is 4.92 Å². The Hall–Kier alpha value is -2.77. The molecule has 22 heavy (non-hydrogen) atoms. The van der Waals surface area contributed by atoms with Crippen LogP contribution in [-0.2, 0) is 0 Å². The highest BCUT2D eigenvalue weighted by Gasteiger charge is 2.18. The Labute approximate surface area is 127 Å². The molecule has 8 heteroatoms. The lowest BCUT2D eigenvalue weighted by Crippen LogP contribution is -2.28. The summed E-state index contributed by atoms with van der Waals surface area (Å²) in [5.74, 6) is 0.0268. The molecule has 1 heterocycles. The maximum absolute atomic E-state index is 12.1. The number of carbonyl (C=O) groups excluding carboxylic acids is 1. The first-order valence-corrected chi connectivity index (χ1v) is 6.85. The summed E-state index contributed by atoms with van der Waals surface area (Å²) in [5.41, 5.74) is 1.19. The van der Waals surface area contributed by atoms with Gasteiger partial charge < -0.3 is 5.32 Å². The van der Waals surface area contributed by atoms with Crippen molar-refractivity contribution < 1.29 is 9.72 Å². The van der Waals surface area contributed by atoms with Gasteiger partial charge in [0.15, 0.2) is 5.69 Å². The SMILES string of the molecule is Cc1c(C(=O)NCC(C)C)nnn1-c1cccc([N+](=O)[O-])c1. The summed E-state index contributed by atoms with van der Waals surface area (Å²) in [6.45, 7) is 6.23. The van der Waals surface area contributed by atoms with Crippen LogP contribution in [0.1, 0.15) is 30.0 Å². The number of nitrogens with zero attached hydrogens (tertiary/aromatic N) is 4. The summed E-state index contributed by atoms with van der Waals surface area (Å²) < 4.78 is 1.41. The van der Waals surface area contributed by atoms with Gasteiger partial charge in [0.25, 0.3) is 11.6 Å². The molecule has 2 aromatic rings. The van der Waals surface area contributed by atoms with Gasteiger partial charge in [0, 0.05) is 18.7 Å². The molecule has 0 saturated heterocycles. The molecule has 0 unspecified atom stereocenters. The zero-order valence-corrected chi connectivity index (χ0v) is 12.6. The van der Waals surface area contributed by atoms with E-state index in [1.165, 1.54) is 16.8 Å². The van der Waals surface area contributed by atoms with E-state index in [2.05, 4.69) is 15.6 Å². The van der Waals surface area contributed by atoms with Gasteiger partial charge in [-0.25, -0.2) is 4.68 Å². The number of aromatic nitrogens is 3. The van der Waals surface area contributed by atoms with Gasteiger partial charge in [-0.1, -0.05) is 25.1 Å². The number of benzene rings is 1. The molecule has 0 aliphatic carbocycles. The van der Waals surface area contributed by atoms with Crippen molar-refractivity contribution in [2.75, 3.05) is 6.54 Å². The number of non-ortho nitro benzene ring substituents is 1. The van der Waals surface area contributed by atoms with Crippen LogP contribution >= 0.6 is 0 Å². The van der Waals surface area contributed by atoms with Crippen molar-refractivity contribution in [3.63, 3.8) is 0 Å². The van der Waals surface area contributed by atoms with E-state index in [0.717, 1.165) is 0 Å². The number of carbonyl (C=O) groups is 1. The van der Waals surface area contributed by atoms with Crippen LogP contribution in [0.25, 0.3) is 5.69 Å². The van der Waals surface area contributed by atoms with E-state index >= 15 is 0 Å². The Kier molecular flexibility index (Phi) is 4.50. The number of nitrogens with one attached hydrogen (secondary N) is 1. The number of hydrogen-bond acceptors (Lipinski definition) is 5. The molecule has 0 radical (unpaired) electrons. The summed E-state index contributed by atoms with van der Waals surface area (Å²) in [6.07, 6.45) is 0. The molecule has 0 aliphatic rings. The molecule has 2 rings (SSSR count). The van der Waals surface area contributed by atoms with Crippen LogP contribution < -0.4 is 5.32 Å². The molecular formula is C14H17N5O3. The fourth-order valence-electron chi connectivity index (χ4n) is 1.90. The van der Waals surface area contributed by atoms with Crippen molar-refractivity contribution in [3.05, 3.63) is 45.8 Å². The Bertz CT molecular complexity index is 708. The lowest BCUT2D eigenvalue weighted by molar-refractivity contribution is -0.384.